The number of nitrogens with zero attached hydrogens (tertiary/aromatic N) is 3. The Balaban J connectivity index is 1.59. The lowest BCUT2D eigenvalue weighted by atomic mass is 9.93. The van der Waals surface area contributed by atoms with Gasteiger partial charge in [0.25, 0.3) is 0 Å². The monoisotopic (exact) mass is 375 g/mol. The molecular formula is C23H25N3O2. The molecule has 0 radical (unpaired) electrons. The average Bonchev–Trinajstić information content (AvgIpc) is 3.19. The molecule has 0 aliphatic carbocycles. The second-order valence-corrected chi connectivity index (χ2v) is 7.51. The lowest BCUT2D eigenvalue weighted by Gasteiger charge is -2.29. The van der Waals surface area contributed by atoms with Gasteiger partial charge in [0, 0.05) is 36.4 Å². The van der Waals surface area contributed by atoms with Crippen LogP contribution in [0, 0.1) is 6.92 Å². The maximum Gasteiger partial charge on any atom is 0.122 e. The molecule has 28 heavy (non-hydrogen) atoms. The van der Waals surface area contributed by atoms with Crippen LogP contribution in [-0.4, -0.2) is 43.0 Å². The topological polar surface area (TPSA) is 39.5 Å². The second kappa shape index (κ2) is 6.99. The van der Waals surface area contributed by atoms with Crippen LogP contribution in [0.4, 0.5) is 5.69 Å². The van der Waals surface area contributed by atoms with Crippen LogP contribution in [0.5, 0.6) is 5.75 Å². The molecule has 1 saturated heterocycles. The van der Waals surface area contributed by atoms with E-state index in [-0.39, 0.29) is 0 Å². The van der Waals surface area contributed by atoms with Crippen LogP contribution in [0.2, 0.25) is 0 Å². The van der Waals surface area contributed by atoms with Crippen molar-refractivity contribution in [1.29, 1.82) is 0 Å². The van der Waals surface area contributed by atoms with Gasteiger partial charge in [0.1, 0.15) is 5.75 Å². The van der Waals surface area contributed by atoms with Crippen LogP contribution in [0.25, 0.3) is 22.5 Å². The highest BCUT2D eigenvalue weighted by atomic mass is 16.5. The summed E-state index contributed by atoms with van der Waals surface area (Å²) >= 11 is 0. The van der Waals surface area contributed by atoms with Crippen LogP contribution in [0.15, 0.2) is 42.7 Å². The van der Waals surface area contributed by atoms with Crippen molar-refractivity contribution >= 4 is 5.69 Å². The summed E-state index contributed by atoms with van der Waals surface area (Å²) in [6.07, 6.45) is 2.98. The van der Waals surface area contributed by atoms with Crippen molar-refractivity contribution in [3.05, 3.63) is 53.9 Å². The molecule has 2 aliphatic heterocycles. The van der Waals surface area contributed by atoms with Gasteiger partial charge in [0.05, 0.1) is 38.0 Å². The van der Waals surface area contributed by atoms with Gasteiger partial charge in [-0.2, -0.15) is 0 Å². The zero-order valence-electron chi connectivity index (χ0n) is 16.4. The van der Waals surface area contributed by atoms with Crippen LogP contribution in [0.1, 0.15) is 11.1 Å². The zero-order valence-corrected chi connectivity index (χ0v) is 16.4. The van der Waals surface area contributed by atoms with E-state index in [1.807, 2.05) is 6.33 Å². The smallest absolute Gasteiger partial charge is 0.122 e. The number of methoxy groups -OCH3 is 1. The Bertz CT molecular complexity index is 1020. The number of hydrogen-bond acceptors (Lipinski definition) is 4. The third kappa shape index (κ3) is 2.87. The first-order chi connectivity index (χ1) is 13.7. The minimum atomic E-state index is 0.790. The lowest BCUT2D eigenvalue weighted by molar-refractivity contribution is 0.122. The minimum absolute atomic E-state index is 0.790. The summed E-state index contributed by atoms with van der Waals surface area (Å²) < 4.78 is 13.3. The molecule has 0 N–H and O–H groups in total. The maximum atomic E-state index is 5.54. The van der Waals surface area contributed by atoms with E-state index in [0.717, 1.165) is 56.3 Å². The van der Waals surface area contributed by atoms with Crippen molar-refractivity contribution < 1.29 is 9.47 Å². The molecule has 0 unspecified atom stereocenters. The first-order valence-electron chi connectivity index (χ1n) is 9.91. The molecule has 0 saturated carbocycles. The molecule has 0 bridgehead atoms. The van der Waals surface area contributed by atoms with E-state index in [1.165, 1.54) is 28.1 Å². The van der Waals surface area contributed by atoms with Gasteiger partial charge >= 0.3 is 0 Å². The quantitative estimate of drug-likeness (QED) is 0.695. The van der Waals surface area contributed by atoms with E-state index in [2.05, 4.69) is 52.8 Å². The minimum Gasteiger partial charge on any atom is -0.496 e. The van der Waals surface area contributed by atoms with E-state index in [4.69, 9.17) is 14.5 Å². The number of aromatic nitrogens is 2. The first kappa shape index (κ1) is 17.3. The number of fused-ring (bicyclic) bond motifs is 3. The number of imidazole rings is 1. The normalized spacial score (nSPS) is 15.9. The molecule has 3 aromatic rings. The van der Waals surface area contributed by atoms with Crippen molar-refractivity contribution in [3.8, 4) is 28.3 Å². The number of ether oxygens (including phenoxy) is 2. The Hall–Kier alpha value is -2.79. The van der Waals surface area contributed by atoms with Crippen LogP contribution >= 0.6 is 0 Å². The van der Waals surface area contributed by atoms with Crippen LogP contribution in [-0.2, 0) is 17.7 Å². The highest BCUT2D eigenvalue weighted by Crippen LogP contribution is 2.40. The summed E-state index contributed by atoms with van der Waals surface area (Å²) in [6.45, 7) is 6.51. The zero-order chi connectivity index (χ0) is 19.1. The van der Waals surface area contributed by atoms with Gasteiger partial charge in [-0.3, -0.25) is 0 Å². The third-order valence-corrected chi connectivity index (χ3v) is 5.83. The molecule has 1 fully saturated rings. The maximum absolute atomic E-state index is 5.54. The summed E-state index contributed by atoms with van der Waals surface area (Å²) in [5, 5.41) is 0. The van der Waals surface area contributed by atoms with E-state index < -0.39 is 0 Å². The van der Waals surface area contributed by atoms with Crippen molar-refractivity contribution in [2.24, 2.45) is 0 Å². The molecule has 2 aromatic carbocycles. The molecule has 3 heterocycles. The van der Waals surface area contributed by atoms with Gasteiger partial charge in [-0.25, -0.2) is 4.98 Å². The molecule has 5 rings (SSSR count). The van der Waals surface area contributed by atoms with E-state index >= 15 is 0 Å². The number of morpholine rings is 1. The van der Waals surface area contributed by atoms with Crippen LogP contribution < -0.4 is 9.64 Å². The number of aryl methyl sites for hydroxylation is 3. The fraction of sp³-hybridized carbons (Fsp3) is 0.348. The summed E-state index contributed by atoms with van der Waals surface area (Å²) in [6, 6.07) is 13.2. The number of anilines is 1. The molecule has 0 atom stereocenters. The highest BCUT2D eigenvalue weighted by Gasteiger charge is 2.23. The van der Waals surface area contributed by atoms with Crippen molar-refractivity contribution in [2.45, 2.75) is 19.9 Å². The summed E-state index contributed by atoms with van der Waals surface area (Å²) in [7, 11) is 1.74. The van der Waals surface area contributed by atoms with Crippen molar-refractivity contribution in [2.75, 3.05) is 38.3 Å². The highest BCUT2D eigenvalue weighted by molar-refractivity contribution is 5.83. The van der Waals surface area contributed by atoms with Crippen LogP contribution in [0.3, 0.4) is 0 Å². The molecule has 0 spiro atoms. The molecule has 5 nitrogen and oxygen atoms in total. The number of benzene rings is 2. The van der Waals surface area contributed by atoms with Gasteiger partial charge in [-0.15, -0.1) is 0 Å². The molecule has 0 amide bonds. The van der Waals surface area contributed by atoms with Gasteiger partial charge < -0.3 is 18.9 Å². The van der Waals surface area contributed by atoms with Gasteiger partial charge in [0.15, 0.2) is 0 Å². The second-order valence-electron chi connectivity index (χ2n) is 7.51. The fourth-order valence-corrected chi connectivity index (χ4v) is 4.34. The van der Waals surface area contributed by atoms with Crippen molar-refractivity contribution in [3.63, 3.8) is 0 Å². The van der Waals surface area contributed by atoms with E-state index in [9.17, 15) is 0 Å². The van der Waals surface area contributed by atoms with Crippen molar-refractivity contribution in [1.82, 2.24) is 9.55 Å². The largest absolute Gasteiger partial charge is 0.496 e. The van der Waals surface area contributed by atoms with Gasteiger partial charge in [0.2, 0.25) is 0 Å². The van der Waals surface area contributed by atoms with E-state index in [0.29, 0.717) is 0 Å². The molecule has 1 aromatic heterocycles. The third-order valence-electron chi connectivity index (χ3n) is 5.83. The Morgan fingerprint density at radius 2 is 1.93 bits per heavy atom. The number of rotatable bonds is 3. The SMILES string of the molecule is COc1cc2c(cc1C)-c1c(-c3cccc(N4CCOCC4)c3)ncn1CC2. The molecular weight excluding hydrogens is 350 g/mol. The lowest BCUT2D eigenvalue weighted by Crippen LogP contribution is -2.36. The first-order valence-corrected chi connectivity index (χ1v) is 9.91. The van der Waals surface area contributed by atoms with Gasteiger partial charge in [-0.05, 0) is 48.7 Å². The molecule has 144 valence electrons. The summed E-state index contributed by atoms with van der Waals surface area (Å²) in [5.41, 5.74) is 8.44. The average molecular weight is 375 g/mol. The molecule has 2 aliphatic rings. The standard InChI is InChI=1S/C23H25N3O2/c1-16-12-20-17(14-21(16)27-2)6-7-26-15-24-22(23(20)26)18-4-3-5-19(13-18)25-8-10-28-11-9-25/h3-5,12-15H,6-11H2,1-2H3. The Morgan fingerprint density at radius 3 is 2.75 bits per heavy atom. The predicted molar refractivity (Wildman–Crippen MR) is 111 cm³/mol. The predicted octanol–water partition coefficient (Wildman–Crippen LogP) is 3.93. The Labute approximate surface area is 165 Å². The Morgan fingerprint density at radius 1 is 1.07 bits per heavy atom. The summed E-state index contributed by atoms with van der Waals surface area (Å²) in [4.78, 5) is 7.20. The van der Waals surface area contributed by atoms with E-state index in [1.54, 1.807) is 7.11 Å². The number of hydrogen-bond donors (Lipinski definition) is 0. The summed E-state index contributed by atoms with van der Waals surface area (Å²) in [5.74, 6) is 0.961. The fourth-order valence-electron chi connectivity index (χ4n) is 4.34. The molecule has 5 heteroatoms. The Kier molecular flexibility index (Phi) is 4.32. The van der Waals surface area contributed by atoms with Gasteiger partial charge in [-0.1, -0.05) is 12.1 Å².